The van der Waals surface area contributed by atoms with Crippen LogP contribution in [-0.4, -0.2) is 4.98 Å². The summed E-state index contributed by atoms with van der Waals surface area (Å²) in [6.07, 6.45) is 0. The van der Waals surface area contributed by atoms with Crippen molar-refractivity contribution in [2.24, 2.45) is 5.73 Å². The standard InChI is InChI=1S/C17H18N2/c1-11-12(2)19-17-8-7-15(9-16(11)17)14-5-3-13(10-18)4-6-14/h3-9,19H,10,18H2,1-2H3. The molecule has 3 rings (SSSR count). The van der Waals surface area contributed by atoms with Crippen molar-refractivity contribution in [1.82, 2.24) is 4.98 Å². The van der Waals surface area contributed by atoms with E-state index in [4.69, 9.17) is 5.73 Å². The number of hydrogen-bond acceptors (Lipinski definition) is 1. The number of aromatic amines is 1. The lowest BCUT2D eigenvalue weighted by atomic mass is 10.0. The predicted molar refractivity (Wildman–Crippen MR) is 81.1 cm³/mol. The van der Waals surface area contributed by atoms with Gasteiger partial charge in [-0.3, -0.25) is 0 Å². The number of nitrogens with one attached hydrogen (secondary N) is 1. The van der Waals surface area contributed by atoms with Crippen molar-refractivity contribution in [3.8, 4) is 11.1 Å². The molecule has 0 atom stereocenters. The fraction of sp³-hybridized carbons (Fsp3) is 0.176. The van der Waals surface area contributed by atoms with Crippen molar-refractivity contribution in [3.63, 3.8) is 0 Å². The van der Waals surface area contributed by atoms with Crippen molar-refractivity contribution < 1.29 is 0 Å². The highest BCUT2D eigenvalue weighted by molar-refractivity contribution is 5.88. The fourth-order valence-corrected chi connectivity index (χ4v) is 2.47. The highest BCUT2D eigenvalue weighted by atomic mass is 14.7. The van der Waals surface area contributed by atoms with Crippen molar-refractivity contribution in [1.29, 1.82) is 0 Å². The summed E-state index contributed by atoms with van der Waals surface area (Å²) in [6, 6.07) is 15.0. The summed E-state index contributed by atoms with van der Waals surface area (Å²) in [5.74, 6) is 0. The molecule has 0 spiro atoms. The maximum absolute atomic E-state index is 5.63. The third-order valence-electron chi connectivity index (χ3n) is 3.83. The monoisotopic (exact) mass is 250 g/mol. The summed E-state index contributed by atoms with van der Waals surface area (Å²) in [4.78, 5) is 3.41. The minimum absolute atomic E-state index is 0.593. The van der Waals surface area contributed by atoms with Gasteiger partial charge in [-0.1, -0.05) is 30.3 Å². The number of fused-ring (bicyclic) bond motifs is 1. The molecular formula is C17H18N2. The molecule has 0 radical (unpaired) electrons. The van der Waals surface area contributed by atoms with Crippen LogP contribution in [0.2, 0.25) is 0 Å². The van der Waals surface area contributed by atoms with Crippen LogP contribution in [0.25, 0.3) is 22.0 Å². The van der Waals surface area contributed by atoms with Gasteiger partial charge in [-0.15, -0.1) is 0 Å². The molecule has 2 heteroatoms. The molecule has 1 heterocycles. The molecule has 3 N–H and O–H groups in total. The Bertz CT molecular complexity index is 721. The first kappa shape index (κ1) is 12.0. The van der Waals surface area contributed by atoms with Crippen LogP contribution < -0.4 is 5.73 Å². The van der Waals surface area contributed by atoms with E-state index < -0.39 is 0 Å². The second-order valence-corrected chi connectivity index (χ2v) is 5.04. The largest absolute Gasteiger partial charge is 0.358 e. The summed E-state index contributed by atoms with van der Waals surface area (Å²) in [6.45, 7) is 4.87. The Labute approximate surface area is 113 Å². The Morgan fingerprint density at radius 1 is 0.947 bits per heavy atom. The Morgan fingerprint density at radius 3 is 2.32 bits per heavy atom. The van der Waals surface area contributed by atoms with Crippen LogP contribution in [-0.2, 0) is 6.54 Å². The van der Waals surface area contributed by atoms with E-state index in [2.05, 4.69) is 61.3 Å². The van der Waals surface area contributed by atoms with Crippen LogP contribution in [0, 0.1) is 13.8 Å². The molecule has 0 unspecified atom stereocenters. The number of aryl methyl sites for hydroxylation is 2. The zero-order chi connectivity index (χ0) is 13.4. The van der Waals surface area contributed by atoms with E-state index >= 15 is 0 Å². The molecular weight excluding hydrogens is 232 g/mol. The molecule has 0 saturated carbocycles. The van der Waals surface area contributed by atoms with Crippen LogP contribution in [0.1, 0.15) is 16.8 Å². The van der Waals surface area contributed by atoms with Crippen molar-refractivity contribution in [2.45, 2.75) is 20.4 Å². The maximum atomic E-state index is 5.63. The van der Waals surface area contributed by atoms with E-state index in [1.807, 2.05) is 0 Å². The van der Waals surface area contributed by atoms with E-state index in [1.54, 1.807) is 0 Å². The van der Waals surface area contributed by atoms with Gasteiger partial charge in [0.15, 0.2) is 0 Å². The van der Waals surface area contributed by atoms with E-state index in [0.29, 0.717) is 6.54 Å². The van der Waals surface area contributed by atoms with Crippen LogP contribution in [0.3, 0.4) is 0 Å². The minimum atomic E-state index is 0.593. The number of hydrogen-bond donors (Lipinski definition) is 2. The van der Waals surface area contributed by atoms with E-state index in [1.165, 1.54) is 38.9 Å². The van der Waals surface area contributed by atoms with Crippen molar-refractivity contribution >= 4 is 10.9 Å². The number of H-pyrrole nitrogens is 1. The van der Waals surface area contributed by atoms with Gasteiger partial charge in [0.1, 0.15) is 0 Å². The van der Waals surface area contributed by atoms with E-state index in [0.717, 1.165) is 0 Å². The number of benzene rings is 2. The molecule has 1 aromatic heterocycles. The highest BCUT2D eigenvalue weighted by Gasteiger charge is 2.06. The van der Waals surface area contributed by atoms with Gasteiger partial charge in [-0.25, -0.2) is 0 Å². The normalized spacial score (nSPS) is 11.1. The topological polar surface area (TPSA) is 41.8 Å². The maximum Gasteiger partial charge on any atom is 0.0459 e. The van der Waals surface area contributed by atoms with Crippen LogP contribution in [0.4, 0.5) is 0 Å². The molecule has 0 fully saturated rings. The van der Waals surface area contributed by atoms with Gasteiger partial charge in [0.05, 0.1) is 0 Å². The predicted octanol–water partition coefficient (Wildman–Crippen LogP) is 3.91. The molecule has 0 aliphatic rings. The lowest BCUT2D eigenvalue weighted by molar-refractivity contribution is 1.07. The lowest BCUT2D eigenvalue weighted by Gasteiger charge is -2.04. The molecule has 0 aliphatic heterocycles. The first-order chi connectivity index (χ1) is 9.19. The summed E-state index contributed by atoms with van der Waals surface area (Å²) in [7, 11) is 0. The molecule has 19 heavy (non-hydrogen) atoms. The second kappa shape index (κ2) is 4.56. The molecule has 3 aromatic rings. The first-order valence-electron chi connectivity index (χ1n) is 6.57. The average molecular weight is 250 g/mol. The highest BCUT2D eigenvalue weighted by Crippen LogP contribution is 2.27. The quantitative estimate of drug-likeness (QED) is 0.711. The SMILES string of the molecule is Cc1[nH]c2ccc(-c3ccc(CN)cc3)cc2c1C. The molecule has 0 saturated heterocycles. The van der Waals surface area contributed by atoms with Crippen molar-refractivity contribution in [3.05, 3.63) is 59.3 Å². The third kappa shape index (κ3) is 2.04. The molecule has 96 valence electrons. The minimum Gasteiger partial charge on any atom is -0.358 e. The lowest BCUT2D eigenvalue weighted by Crippen LogP contribution is -1.95. The van der Waals surface area contributed by atoms with Gasteiger partial charge in [-0.2, -0.15) is 0 Å². The summed E-state index contributed by atoms with van der Waals surface area (Å²) >= 11 is 0. The average Bonchev–Trinajstić information content (AvgIpc) is 2.74. The Hall–Kier alpha value is -2.06. The second-order valence-electron chi connectivity index (χ2n) is 5.04. The van der Waals surface area contributed by atoms with Gasteiger partial charge < -0.3 is 10.7 Å². The Morgan fingerprint density at radius 2 is 1.63 bits per heavy atom. The van der Waals surface area contributed by atoms with Gasteiger partial charge in [0, 0.05) is 23.1 Å². The van der Waals surface area contributed by atoms with E-state index in [-0.39, 0.29) is 0 Å². The fourth-order valence-electron chi connectivity index (χ4n) is 2.47. The number of nitrogens with two attached hydrogens (primary N) is 1. The van der Waals surface area contributed by atoms with Crippen LogP contribution >= 0.6 is 0 Å². The summed E-state index contributed by atoms with van der Waals surface area (Å²) < 4.78 is 0. The van der Waals surface area contributed by atoms with Gasteiger partial charge in [-0.05, 0) is 48.2 Å². The Balaban J connectivity index is 2.11. The first-order valence-corrected chi connectivity index (χ1v) is 6.57. The third-order valence-corrected chi connectivity index (χ3v) is 3.83. The summed E-state index contributed by atoms with van der Waals surface area (Å²) in [5.41, 5.74) is 13.1. The molecule has 0 amide bonds. The Kier molecular flexibility index (Phi) is 2.88. The molecule has 0 bridgehead atoms. The van der Waals surface area contributed by atoms with Crippen molar-refractivity contribution in [2.75, 3.05) is 0 Å². The summed E-state index contributed by atoms with van der Waals surface area (Å²) in [5, 5.41) is 1.30. The van der Waals surface area contributed by atoms with Crippen LogP contribution in [0.5, 0.6) is 0 Å². The molecule has 2 nitrogen and oxygen atoms in total. The number of rotatable bonds is 2. The molecule has 0 aliphatic carbocycles. The van der Waals surface area contributed by atoms with Gasteiger partial charge in [0.25, 0.3) is 0 Å². The zero-order valence-electron chi connectivity index (χ0n) is 11.3. The van der Waals surface area contributed by atoms with Gasteiger partial charge in [0.2, 0.25) is 0 Å². The van der Waals surface area contributed by atoms with Gasteiger partial charge >= 0.3 is 0 Å². The smallest absolute Gasteiger partial charge is 0.0459 e. The molecule has 2 aromatic carbocycles. The van der Waals surface area contributed by atoms with E-state index in [9.17, 15) is 0 Å². The van der Waals surface area contributed by atoms with Crippen LogP contribution in [0.15, 0.2) is 42.5 Å². The zero-order valence-corrected chi connectivity index (χ0v) is 11.3. The number of aromatic nitrogens is 1.